The summed E-state index contributed by atoms with van der Waals surface area (Å²) in [6.07, 6.45) is 4.42. The van der Waals surface area contributed by atoms with Crippen LogP contribution in [0.2, 0.25) is 0 Å². The van der Waals surface area contributed by atoms with Crippen molar-refractivity contribution in [1.29, 1.82) is 0 Å². The van der Waals surface area contributed by atoms with Crippen LogP contribution in [0.5, 0.6) is 0 Å². The Hall–Kier alpha value is -2.84. The molecule has 3 aromatic carbocycles. The Morgan fingerprint density at radius 2 is 1.43 bits per heavy atom. The normalized spacial score (nSPS) is 21.6. The lowest BCUT2D eigenvalue weighted by atomic mass is 9.77. The monoisotopic (exact) mass is 396 g/mol. The van der Waals surface area contributed by atoms with Crippen molar-refractivity contribution in [1.82, 2.24) is 4.90 Å². The molecule has 2 heteroatoms. The van der Waals surface area contributed by atoms with E-state index in [1.54, 1.807) is 0 Å². The molecule has 3 aromatic rings. The molecule has 0 fully saturated rings. The maximum atomic E-state index is 3.56. The van der Waals surface area contributed by atoms with Crippen molar-refractivity contribution in [2.45, 2.75) is 45.7 Å². The predicted molar refractivity (Wildman–Crippen MR) is 128 cm³/mol. The lowest BCUT2D eigenvalue weighted by molar-refractivity contribution is 0.181. The molecule has 4 rings (SSSR count). The molecule has 1 aliphatic heterocycles. The van der Waals surface area contributed by atoms with Gasteiger partial charge in [-0.2, -0.15) is 0 Å². The molecule has 0 bridgehead atoms. The quantitative estimate of drug-likeness (QED) is 0.525. The predicted octanol–water partition coefficient (Wildman–Crippen LogP) is 6.74. The number of nitrogens with zero attached hydrogens (tertiary/aromatic N) is 1. The largest absolute Gasteiger partial charge is 0.362 e. The summed E-state index contributed by atoms with van der Waals surface area (Å²) in [4.78, 5) is 2.49. The second-order valence-corrected chi connectivity index (χ2v) is 8.65. The van der Waals surface area contributed by atoms with Gasteiger partial charge in [0, 0.05) is 17.6 Å². The highest BCUT2D eigenvalue weighted by Crippen LogP contribution is 2.43. The Morgan fingerprint density at radius 1 is 0.833 bits per heavy atom. The van der Waals surface area contributed by atoms with Gasteiger partial charge >= 0.3 is 0 Å². The first-order valence-electron chi connectivity index (χ1n) is 10.8. The summed E-state index contributed by atoms with van der Waals surface area (Å²) < 4.78 is 0. The minimum atomic E-state index is 0.245. The maximum Gasteiger partial charge on any atom is 0.0551 e. The molecule has 30 heavy (non-hydrogen) atoms. The fourth-order valence-corrected chi connectivity index (χ4v) is 5.02. The molecule has 2 nitrogen and oxygen atoms in total. The lowest BCUT2D eigenvalue weighted by Gasteiger charge is -2.43. The van der Waals surface area contributed by atoms with Crippen molar-refractivity contribution in [3.63, 3.8) is 0 Å². The summed E-state index contributed by atoms with van der Waals surface area (Å²) in [7, 11) is 2.24. The van der Waals surface area contributed by atoms with E-state index in [-0.39, 0.29) is 6.04 Å². The van der Waals surface area contributed by atoms with Gasteiger partial charge in [0.2, 0.25) is 0 Å². The van der Waals surface area contributed by atoms with E-state index in [0.717, 1.165) is 0 Å². The van der Waals surface area contributed by atoms with Gasteiger partial charge in [-0.1, -0.05) is 72.3 Å². The van der Waals surface area contributed by atoms with Crippen LogP contribution in [0.3, 0.4) is 0 Å². The van der Waals surface area contributed by atoms with Crippen LogP contribution in [0.4, 0.5) is 5.69 Å². The van der Waals surface area contributed by atoms with Crippen LogP contribution in [-0.4, -0.2) is 18.0 Å². The number of hydrogen-bond acceptors (Lipinski definition) is 2. The van der Waals surface area contributed by atoms with Crippen LogP contribution in [0.15, 0.2) is 79.0 Å². The Kier molecular flexibility index (Phi) is 5.78. The molecule has 1 N–H and O–H groups in total. The number of rotatable bonds is 4. The fourth-order valence-electron chi connectivity index (χ4n) is 5.02. The topological polar surface area (TPSA) is 15.3 Å². The number of aryl methyl sites for hydroxylation is 3. The number of anilines is 1. The molecule has 3 atom stereocenters. The van der Waals surface area contributed by atoms with Gasteiger partial charge < -0.3 is 5.32 Å². The Balaban J connectivity index is 1.66. The molecule has 0 amide bonds. The zero-order valence-electron chi connectivity index (χ0n) is 18.7. The first kappa shape index (κ1) is 20.4. The third-order valence-corrected chi connectivity index (χ3v) is 6.56. The average molecular weight is 397 g/mol. The molecule has 0 radical (unpaired) electrons. The zero-order chi connectivity index (χ0) is 21.3. The number of hydrogen-bond donors (Lipinski definition) is 1. The van der Waals surface area contributed by atoms with Crippen molar-refractivity contribution >= 4 is 5.69 Å². The first-order chi connectivity index (χ1) is 14.5. The van der Waals surface area contributed by atoms with E-state index >= 15 is 0 Å². The number of benzene rings is 3. The minimum absolute atomic E-state index is 0.245. The highest BCUT2D eigenvalue weighted by molar-refractivity contribution is 5.59. The molecule has 0 aliphatic carbocycles. The van der Waals surface area contributed by atoms with Crippen LogP contribution < -0.4 is 5.32 Å². The molecule has 0 aromatic heterocycles. The van der Waals surface area contributed by atoms with E-state index in [1.807, 2.05) is 0 Å². The van der Waals surface area contributed by atoms with E-state index in [0.29, 0.717) is 12.0 Å². The zero-order valence-corrected chi connectivity index (χ0v) is 18.7. The Labute approximate surface area is 181 Å². The summed E-state index contributed by atoms with van der Waals surface area (Å²) in [5, 5.41) is 3.56. The van der Waals surface area contributed by atoms with Gasteiger partial charge in [0.25, 0.3) is 0 Å². The van der Waals surface area contributed by atoms with Gasteiger partial charge in [-0.15, -0.1) is 0 Å². The van der Waals surface area contributed by atoms with Crippen LogP contribution in [0, 0.1) is 20.8 Å². The van der Waals surface area contributed by atoms with Gasteiger partial charge in [0.15, 0.2) is 0 Å². The van der Waals surface area contributed by atoms with Crippen molar-refractivity contribution in [3.8, 4) is 0 Å². The first-order valence-corrected chi connectivity index (χ1v) is 10.8. The second-order valence-electron chi connectivity index (χ2n) is 8.65. The second kappa shape index (κ2) is 8.49. The molecule has 0 saturated heterocycles. The van der Waals surface area contributed by atoms with Crippen LogP contribution in [-0.2, 0) is 0 Å². The van der Waals surface area contributed by atoms with Gasteiger partial charge in [-0.05, 0) is 74.8 Å². The molecular weight excluding hydrogens is 364 g/mol. The molecule has 154 valence electrons. The van der Waals surface area contributed by atoms with E-state index in [1.165, 1.54) is 39.1 Å². The Bertz CT molecular complexity index is 1030. The fraction of sp³-hybridized carbons (Fsp3) is 0.286. The summed E-state index contributed by atoms with van der Waals surface area (Å²) in [6, 6.07) is 24.9. The van der Waals surface area contributed by atoms with Gasteiger partial charge in [0.05, 0.1) is 6.04 Å². The molecular formula is C28H32N2. The van der Waals surface area contributed by atoms with E-state index in [4.69, 9.17) is 0 Å². The summed E-state index contributed by atoms with van der Waals surface area (Å²) >= 11 is 0. The Morgan fingerprint density at radius 3 is 2.10 bits per heavy atom. The van der Waals surface area contributed by atoms with Crippen LogP contribution in [0.1, 0.15) is 52.3 Å². The average Bonchev–Trinajstić information content (AvgIpc) is 2.73. The summed E-state index contributed by atoms with van der Waals surface area (Å²) in [5.41, 5.74) is 9.30. The van der Waals surface area contributed by atoms with Gasteiger partial charge in [-0.3, -0.25) is 4.90 Å². The third-order valence-electron chi connectivity index (χ3n) is 6.56. The van der Waals surface area contributed by atoms with E-state index in [9.17, 15) is 0 Å². The summed E-state index contributed by atoms with van der Waals surface area (Å²) in [6.45, 7) is 8.84. The van der Waals surface area contributed by atoms with Gasteiger partial charge in [0.1, 0.15) is 0 Å². The highest BCUT2D eigenvalue weighted by Gasteiger charge is 2.35. The SMILES string of the molecule is Cc1cc(C)c(N/C=C\C2c3ccccc3C(c3ccccc3)C(C)N2C)c(C)c1. The minimum Gasteiger partial charge on any atom is -0.362 e. The number of nitrogens with one attached hydrogen (secondary N) is 1. The molecule has 3 unspecified atom stereocenters. The van der Waals surface area contributed by atoms with Crippen LogP contribution in [0.25, 0.3) is 0 Å². The molecule has 1 heterocycles. The van der Waals surface area contributed by atoms with Crippen molar-refractivity contribution in [2.75, 3.05) is 12.4 Å². The number of likely N-dealkylation sites (N-methyl/N-ethyl adjacent to an activating group) is 1. The van der Waals surface area contributed by atoms with Crippen molar-refractivity contribution in [3.05, 3.63) is 112 Å². The highest BCUT2D eigenvalue weighted by atomic mass is 15.2. The lowest BCUT2D eigenvalue weighted by Crippen LogP contribution is -2.42. The van der Waals surface area contributed by atoms with E-state index in [2.05, 4.69) is 124 Å². The maximum absolute atomic E-state index is 3.56. The molecule has 1 aliphatic rings. The molecule has 0 saturated carbocycles. The van der Waals surface area contributed by atoms with Crippen molar-refractivity contribution in [2.24, 2.45) is 0 Å². The third kappa shape index (κ3) is 3.80. The van der Waals surface area contributed by atoms with E-state index < -0.39 is 0 Å². The summed E-state index contributed by atoms with van der Waals surface area (Å²) in [5.74, 6) is 0.381. The van der Waals surface area contributed by atoms with Crippen LogP contribution >= 0.6 is 0 Å². The number of fused-ring (bicyclic) bond motifs is 1. The van der Waals surface area contributed by atoms with Crippen molar-refractivity contribution < 1.29 is 0 Å². The smallest absolute Gasteiger partial charge is 0.0551 e. The molecule has 0 spiro atoms. The standard InChI is InChI=1S/C28H32N2/c1-19-17-20(2)28(21(3)18-19)29-16-15-26-24-13-9-10-14-25(24)27(22(4)30(26)5)23-11-7-6-8-12-23/h6-18,22,26-27,29H,1-5H3/b16-15-. The van der Waals surface area contributed by atoms with Gasteiger partial charge in [-0.25, -0.2) is 0 Å².